The zero-order valence-electron chi connectivity index (χ0n) is 13.5. The summed E-state index contributed by atoms with van der Waals surface area (Å²) >= 11 is 0. The maximum Gasteiger partial charge on any atom is 0.246 e. The number of nitrogens with one attached hydrogen (secondary N) is 1. The summed E-state index contributed by atoms with van der Waals surface area (Å²) < 4.78 is 5.11. The molecule has 1 spiro atoms. The molecule has 1 saturated heterocycles. The molecule has 1 heterocycles. The van der Waals surface area contributed by atoms with Crippen LogP contribution in [0.5, 0.6) is 0 Å². The third kappa shape index (κ3) is 3.07. The molecule has 21 heavy (non-hydrogen) atoms. The molecular weight excluding hydrogens is 268 g/mol. The van der Waals surface area contributed by atoms with Crippen LogP contribution in [0.3, 0.4) is 0 Å². The zero-order valence-corrected chi connectivity index (χ0v) is 13.5. The Morgan fingerprint density at radius 1 is 1.29 bits per heavy atom. The standard InChI is InChI=1S/C16H28N2O3/c1-12(2)13-14(19)18(10-7-11-21-3)16(15(20)17-13)8-5-4-6-9-16/h12-13H,4-11H2,1-3H3,(H,17,20). The second-order valence-electron chi connectivity index (χ2n) is 6.62. The topological polar surface area (TPSA) is 58.6 Å². The van der Waals surface area contributed by atoms with Gasteiger partial charge in [0.05, 0.1) is 0 Å². The minimum absolute atomic E-state index is 0.0536. The Hall–Kier alpha value is -1.10. The van der Waals surface area contributed by atoms with Crippen molar-refractivity contribution in [2.24, 2.45) is 5.92 Å². The average molecular weight is 296 g/mol. The van der Waals surface area contributed by atoms with Crippen molar-refractivity contribution in [2.45, 2.75) is 64.0 Å². The van der Waals surface area contributed by atoms with Crippen molar-refractivity contribution in [3.8, 4) is 0 Å². The minimum atomic E-state index is -0.603. The molecular formula is C16H28N2O3. The molecule has 5 heteroatoms. The van der Waals surface area contributed by atoms with E-state index in [1.54, 1.807) is 7.11 Å². The van der Waals surface area contributed by atoms with Gasteiger partial charge < -0.3 is 15.0 Å². The predicted molar refractivity (Wildman–Crippen MR) is 80.8 cm³/mol. The molecule has 1 N–H and O–H groups in total. The van der Waals surface area contributed by atoms with Crippen LogP contribution in [0.2, 0.25) is 0 Å². The first kappa shape index (κ1) is 16.3. The van der Waals surface area contributed by atoms with Gasteiger partial charge in [0.2, 0.25) is 11.8 Å². The van der Waals surface area contributed by atoms with Gasteiger partial charge in [-0.25, -0.2) is 0 Å². The summed E-state index contributed by atoms with van der Waals surface area (Å²) in [5, 5.41) is 2.99. The monoisotopic (exact) mass is 296 g/mol. The van der Waals surface area contributed by atoms with Gasteiger partial charge in [0.25, 0.3) is 0 Å². The van der Waals surface area contributed by atoms with E-state index in [-0.39, 0.29) is 23.8 Å². The second-order valence-corrected chi connectivity index (χ2v) is 6.62. The van der Waals surface area contributed by atoms with E-state index in [1.807, 2.05) is 18.7 Å². The van der Waals surface area contributed by atoms with Crippen molar-refractivity contribution >= 4 is 11.8 Å². The number of amides is 2. The molecule has 2 fully saturated rings. The molecule has 1 aliphatic heterocycles. The van der Waals surface area contributed by atoms with Crippen molar-refractivity contribution in [3.63, 3.8) is 0 Å². The van der Waals surface area contributed by atoms with Gasteiger partial charge in [0.15, 0.2) is 0 Å². The Morgan fingerprint density at radius 3 is 2.52 bits per heavy atom. The van der Waals surface area contributed by atoms with E-state index in [2.05, 4.69) is 5.32 Å². The molecule has 0 bridgehead atoms. The third-order valence-corrected chi connectivity index (χ3v) is 4.84. The third-order valence-electron chi connectivity index (χ3n) is 4.84. The van der Waals surface area contributed by atoms with Crippen molar-refractivity contribution in [1.82, 2.24) is 10.2 Å². The fourth-order valence-corrected chi connectivity index (χ4v) is 3.62. The number of carbonyl (C=O) groups is 2. The number of ether oxygens (including phenoxy) is 1. The van der Waals surface area contributed by atoms with Gasteiger partial charge >= 0.3 is 0 Å². The highest BCUT2D eigenvalue weighted by molar-refractivity contribution is 6.00. The Bertz CT molecular complexity index is 389. The van der Waals surface area contributed by atoms with Crippen molar-refractivity contribution in [1.29, 1.82) is 0 Å². The normalized spacial score (nSPS) is 25.5. The van der Waals surface area contributed by atoms with E-state index < -0.39 is 5.54 Å². The summed E-state index contributed by atoms with van der Waals surface area (Å²) in [5.74, 6) is 0.257. The lowest BCUT2D eigenvalue weighted by atomic mass is 9.76. The van der Waals surface area contributed by atoms with Gasteiger partial charge in [-0.2, -0.15) is 0 Å². The molecule has 0 radical (unpaired) electrons. The molecule has 1 unspecified atom stereocenters. The number of carbonyl (C=O) groups excluding carboxylic acids is 2. The minimum Gasteiger partial charge on any atom is -0.385 e. The molecule has 1 aliphatic carbocycles. The first-order valence-electron chi connectivity index (χ1n) is 8.14. The first-order chi connectivity index (χ1) is 10.0. The van der Waals surface area contributed by atoms with Crippen molar-refractivity contribution < 1.29 is 14.3 Å². The van der Waals surface area contributed by atoms with Crippen LogP contribution >= 0.6 is 0 Å². The highest BCUT2D eigenvalue weighted by atomic mass is 16.5. The Morgan fingerprint density at radius 2 is 1.95 bits per heavy atom. The summed E-state index contributed by atoms with van der Waals surface area (Å²) in [6.45, 7) is 5.20. The molecule has 120 valence electrons. The summed E-state index contributed by atoms with van der Waals surface area (Å²) in [6, 6.07) is -0.382. The van der Waals surface area contributed by atoms with E-state index in [0.29, 0.717) is 13.2 Å². The number of hydrogen-bond donors (Lipinski definition) is 1. The van der Waals surface area contributed by atoms with Crippen LogP contribution in [-0.4, -0.2) is 48.6 Å². The molecule has 2 rings (SSSR count). The molecule has 0 aromatic carbocycles. The fourth-order valence-electron chi connectivity index (χ4n) is 3.62. The lowest BCUT2D eigenvalue weighted by molar-refractivity contribution is -0.161. The second kappa shape index (κ2) is 6.77. The fraction of sp³-hybridized carbons (Fsp3) is 0.875. The van der Waals surface area contributed by atoms with Gasteiger partial charge in [-0.15, -0.1) is 0 Å². The number of hydrogen-bond acceptors (Lipinski definition) is 3. The summed E-state index contributed by atoms with van der Waals surface area (Å²) in [7, 11) is 1.66. The van der Waals surface area contributed by atoms with Crippen LogP contribution in [0.4, 0.5) is 0 Å². The number of rotatable bonds is 5. The molecule has 5 nitrogen and oxygen atoms in total. The summed E-state index contributed by atoms with van der Waals surface area (Å²) in [5.41, 5.74) is -0.603. The Labute approximate surface area is 127 Å². The van der Waals surface area contributed by atoms with E-state index >= 15 is 0 Å². The van der Waals surface area contributed by atoms with Crippen LogP contribution in [0.15, 0.2) is 0 Å². The Kier molecular flexibility index (Phi) is 5.25. The van der Waals surface area contributed by atoms with Crippen molar-refractivity contribution in [3.05, 3.63) is 0 Å². The lowest BCUT2D eigenvalue weighted by Crippen LogP contribution is -2.72. The van der Waals surface area contributed by atoms with Gasteiger partial charge in [0, 0.05) is 20.3 Å². The van der Waals surface area contributed by atoms with Crippen molar-refractivity contribution in [2.75, 3.05) is 20.3 Å². The number of methoxy groups -OCH3 is 1. The first-order valence-corrected chi connectivity index (χ1v) is 8.14. The van der Waals surface area contributed by atoms with Gasteiger partial charge in [0.1, 0.15) is 11.6 Å². The van der Waals surface area contributed by atoms with Gasteiger partial charge in [-0.3, -0.25) is 9.59 Å². The average Bonchev–Trinajstić information content (AvgIpc) is 2.47. The van der Waals surface area contributed by atoms with Crippen LogP contribution in [0, 0.1) is 5.92 Å². The molecule has 0 aromatic heterocycles. The molecule has 2 amide bonds. The van der Waals surface area contributed by atoms with E-state index in [9.17, 15) is 9.59 Å². The maximum absolute atomic E-state index is 12.9. The van der Waals surface area contributed by atoms with Crippen LogP contribution < -0.4 is 5.32 Å². The zero-order chi connectivity index (χ0) is 15.5. The smallest absolute Gasteiger partial charge is 0.246 e. The maximum atomic E-state index is 12.9. The highest BCUT2D eigenvalue weighted by Crippen LogP contribution is 2.37. The van der Waals surface area contributed by atoms with Gasteiger partial charge in [-0.05, 0) is 25.2 Å². The molecule has 1 atom stereocenters. The van der Waals surface area contributed by atoms with Crippen LogP contribution in [0.1, 0.15) is 52.4 Å². The van der Waals surface area contributed by atoms with E-state index in [0.717, 1.165) is 38.5 Å². The molecule has 2 aliphatic rings. The van der Waals surface area contributed by atoms with E-state index in [4.69, 9.17) is 4.74 Å². The number of nitrogens with zero attached hydrogens (tertiary/aromatic N) is 1. The SMILES string of the molecule is COCCCN1C(=O)C(C(C)C)NC(=O)C12CCCCC2. The van der Waals surface area contributed by atoms with E-state index in [1.165, 1.54) is 0 Å². The largest absolute Gasteiger partial charge is 0.385 e. The number of piperazine rings is 1. The lowest BCUT2D eigenvalue weighted by Gasteiger charge is -2.50. The predicted octanol–water partition coefficient (Wildman–Crippen LogP) is 1.71. The van der Waals surface area contributed by atoms with Crippen LogP contribution in [0.25, 0.3) is 0 Å². The van der Waals surface area contributed by atoms with Crippen LogP contribution in [-0.2, 0) is 14.3 Å². The van der Waals surface area contributed by atoms with Gasteiger partial charge in [-0.1, -0.05) is 33.1 Å². The quantitative estimate of drug-likeness (QED) is 0.786. The Balaban J connectivity index is 2.23. The summed E-state index contributed by atoms with van der Waals surface area (Å²) in [6.07, 6.45) is 5.57. The summed E-state index contributed by atoms with van der Waals surface area (Å²) in [4.78, 5) is 27.5. The molecule has 1 saturated carbocycles. The highest BCUT2D eigenvalue weighted by Gasteiger charge is 2.52. The molecule has 0 aromatic rings.